The molecule has 1 aromatic heterocycles. The van der Waals surface area contributed by atoms with Gasteiger partial charge in [-0.15, -0.1) is 0 Å². The lowest BCUT2D eigenvalue weighted by atomic mass is 9.95. The van der Waals surface area contributed by atoms with Crippen LogP contribution < -0.4 is 10.6 Å². The highest BCUT2D eigenvalue weighted by molar-refractivity contribution is 7.99. The van der Waals surface area contributed by atoms with Crippen molar-refractivity contribution in [2.24, 2.45) is 12.0 Å². The van der Waals surface area contributed by atoms with Gasteiger partial charge in [-0.05, 0) is 45.8 Å². The molecule has 6 heteroatoms. The summed E-state index contributed by atoms with van der Waals surface area (Å²) in [6, 6.07) is 0.539. The van der Waals surface area contributed by atoms with E-state index in [1.165, 1.54) is 42.7 Å². The SMILES string of the molecule is CCNC(=NCc1c(C)nn(C)c1C)NC1CCCC(SCC)C1. The van der Waals surface area contributed by atoms with Crippen molar-refractivity contribution in [1.82, 2.24) is 20.4 Å². The van der Waals surface area contributed by atoms with Gasteiger partial charge < -0.3 is 10.6 Å². The molecule has 0 bridgehead atoms. The van der Waals surface area contributed by atoms with Crippen LogP contribution in [0.2, 0.25) is 0 Å². The van der Waals surface area contributed by atoms with Crippen molar-refractivity contribution in [2.45, 2.75) is 71.2 Å². The van der Waals surface area contributed by atoms with Gasteiger partial charge in [0.15, 0.2) is 5.96 Å². The first kappa shape index (κ1) is 19.2. The molecule has 1 saturated carbocycles. The summed E-state index contributed by atoms with van der Waals surface area (Å²) in [6.45, 7) is 10.1. The van der Waals surface area contributed by atoms with Crippen molar-refractivity contribution in [3.8, 4) is 0 Å². The van der Waals surface area contributed by atoms with Gasteiger partial charge in [-0.3, -0.25) is 4.68 Å². The Morgan fingerprint density at radius 2 is 2.12 bits per heavy atom. The van der Waals surface area contributed by atoms with Gasteiger partial charge in [-0.25, -0.2) is 4.99 Å². The molecule has 5 nitrogen and oxygen atoms in total. The Kier molecular flexibility index (Phi) is 7.46. The molecular weight excluding hydrogens is 318 g/mol. The van der Waals surface area contributed by atoms with E-state index in [4.69, 9.17) is 4.99 Å². The zero-order valence-corrected chi connectivity index (χ0v) is 16.7. The molecule has 24 heavy (non-hydrogen) atoms. The molecule has 1 aliphatic rings. The lowest BCUT2D eigenvalue weighted by molar-refractivity contribution is 0.419. The van der Waals surface area contributed by atoms with Crippen LogP contribution in [-0.2, 0) is 13.6 Å². The Morgan fingerprint density at radius 1 is 1.33 bits per heavy atom. The van der Waals surface area contributed by atoms with E-state index < -0.39 is 0 Å². The molecule has 0 amide bonds. The van der Waals surface area contributed by atoms with Gasteiger partial charge in [0.2, 0.25) is 0 Å². The molecule has 0 aromatic carbocycles. The van der Waals surface area contributed by atoms with Crippen molar-refractivity contribution in [3.63, 3.8) is 0 Å². The topological polar surface area (TPSA) is 54.2 Å². The molecule has 2 rings (SSSR count). The van der Waals surface area contributed by atoms with Gasteiger partial charge in [-0.1, -0.05) is 13.3 Å². The first-order chi connectivity index (χ1) is 11.5. The molecule has 0 saturated heterocycles. The standard InChI is InChI=1S/C18H33N5S/c1-6-19-18(20-12-17-13(3)22-23(5)14(17)4)21-15-9-8-10-16(11-15)24-7-2/h15-16H,6-12H2,1-5H3,(H2,19,20,21). The Balaban J connectivity index is 2.00. The van der Waals surface area contributed by atoms with E-state index in [-0.39, 0.29) is 0 Å². The minimum Gasteiger partial charge on any atom is -0.357 e. The monoisotopic (exact) mass is 351 g/mol. The van der Waals surface area contributed by atoms with Crippen molar-refractivity contribution < 1.29 is 0 Å². The van der Waals surface area contributed by atoms with Gasteiger partial charge in [0, 0.05) is 36.1 Å². The second-order valence-corrected chi connectivity index (χ2v) is 8.13. The minimum atomic E-state index is 0.539. The molecule has 0 spiro atoms. The highest BCUT2D eigenvalue weighted by atomic mass is 32.2. The number of hydrogen-bond acceptors (Lipinski definition) is 3. The highest BCUT2D eigenvalue weighted by Crippen LogP contribution is 2.28. The quantitative estimate of drug-likeness (QED) is 0.611. The maximum atomic E-state index is 4.82. The third-order valence-corrected chi connectivity index (χ3v) is 6.00. The summed E-state index contributed by atoms with van der Waals surface area (Å²) in [5.74, 6) is 2.15. The van der Waals surface area contributed by atoms with Crippen molar-refractivity contribution in [1.29, 1.82) is 0 Å². The van der Waals surface area contributed by atoms with E-state index in [0.717, 1.165) is 23.4 Å². The molecule has 1 aromatic rings. The van der Waals surface area contributed by atoms with Gasteiger partial charge in [0.25, 0.3) is 0 Å². The number of guanidine groups is 1. The zero-order valence-electron chi connectivity index (χ0n) is 15.9. The van der Waals surface area contributed by atoms with E-state index >= 15 is 0 Å². The largest absolute Gasteiger partial charge is 0.357 e. The lowest BCUT2D eigenvalue weighted by Gasteiger charge is -2.30. The van der Waals surface area contributed by atoms with Crippen LogP contribution in [0.25, 0.3) is 0 Å². The summed E-state index contributed by atoms with van der Waals surface area (Å²) in [5, 5.41) is 12.3. The molecule has 2 atom stereocenters. The molecule has 2 N–H and O–H groups in total. The minimum absolute atomic E-state index is 0.539. The van der Waals surface area contributed by atoms with Crippen LogP contribution in [0.4, 0.5) is 0 Å². The third-order valence-electron chi connectivity index (χ3n) is 4.77. The van der Waals surface area contributed by atoms with E-state index in [9.17, 15) is 0 Å². The van der Waals surface area contributed by atoms with Gasteiger partial charge in [-0.2, -0.15) is 16.9 Å². The van der Waals surface area contributed by atoms with Crippen LogP contribution >= 0.6 is 11.8 Å². The summed E-state index contributed by atoms with van der Waals surface area (Å²) in [7, 11) is 1.99. The van der Waals surface area contributed by atoms with Crippen LogP contribution in [0, 0.1) is 13.8 Å². The van der Waals surface area contributed by atoms with Crippen LogP contribution in [0.15, 0.2) is 4.99 Å². The molecule has 0 aliphatic heterocycles. The number of hydrogen-bond donors (Lipinski definition) is 2. The smallest absolute Gasteiger partial charge is 0.191 e. The normalized spacial score (nSPS) is 21.8. The fraction of sp³-hybridized carbons (Fsp3) is 0.778. The van der Waals surface area contributed by atoms with Crippen LogP contribution in [-0.4, -0.2) is 39.3 Å². The third kappa shape index (κ3) is 5.16. The summed E-state index contributed by atoms with van der Waals surface area (Å²) >= 11 is 2.10. The predicted molar refractivity (Wildman–Crippen MR) is 105 cm³/mol. The fourth-order valence-corrected chi connectivity index (χ4v) is 4.55. The average Bonchev–Trinajstić information content (AvgIpc) is 2.79. The second-order valence-electron chi connectivity index (χ2n) is 6.55. The maximum absolute atomic E-state index is 4.82. The molecule has 2 unspecified atom stereocenters. The highest BCUT2D eigenvalue weighted by Gasteiger charge is 2.22. The predicted octanol–water partition coefficient (Wildman–Crippen LogP) is 3.16. The van der Waals surface area contributed by atoms with Crippen molar-refractivity contribution in [2.75, 3.05) is 12.3 Å². The number of nitrogens with one attached hydrogen (secondary N) is 2. The maximum Gasteiger partial charge on any atom is 0.191 e. The second kappa shape index (κ2) is 9.35. The Morgan fingerprint density at radius 3 is 2.75 bits per heavy atom. The number of thioether (sulfide) groups is 1. The summed E-state index contributed by atoms with van der Waals surface area (Å²) < 4.78 is 1.94. The summed E-state index contributed by atoms with van der Waals surface area (Å²) in [6.07, 6.45) is 5.16. The number of nitrogens with zero attached hydrogens (tertiary/aromatic N) is 3. The molecule has 136 valence electrons. The Hall–Kier alpha value is -1.17. The zero-order chi connectivity index (χ0) is 17.5. The van der Waals surface area contributed by atoms with Gasteiger partial charge >= 0.3 is 0 Å². The number of aromatic nitrogens is 2. The van der Waals surface area contributed by atoms with Crippen LogP contribution in [0.5, 0.6) is 0 Å². The van der Waals surface area contributed by atoms with E-state index in [0.29, 0.717) is 12.6 Å². The lowest BCUT2D eigenvalue weighted by Crippen LogP contribution is -2.45. The van der Waals surface area contributed by atoms with E-state index in [2.05, 4.69) is 55.2 Å². The first-order valence-electron chi connectivity index (χ1n) is 9.20. The molecule has 1 aliphatic carbocycles. The molecular formula is C18H33N5S. The van der Waals surface area contributed by atoms with E-state index in [1.54, 1.807) is 0 Å². The van der Waals surface area contributed by atoms with Crippen LogP contribution in [0.1, 0.15) is 56.5 Å². The number of aryl methyl sites for hydroxylation is 2. The molecule has 1 fully saturated rings. The summed E-state index contributed by atoms with van der Waals surface area (Å²) in [5.41, 5.74) is 3.51. The Labute approximate surface area is 151 Å². The number of rotatable bonds is 6. The van der Waals surface area contributed by atoms with Crippen molar-refractivity contribution in [3.05, 3.63) is 17.0 Å². The van der Waals surface area contributed by atoms with E-state index in [1.807, 2.05) is 11.7 Å². The van der Waals surface area contributed by atoms with Gasteiger partial charge in [0.1, 0.15) is 0 Å². The van der Waals surface area contributed by atoms with Gasteiger partial charge in [0.05, 0.1) is 12.2 Å². The summed E-state index contributed by atoms with van der Waals surface area (Å²) in [4.78, 5) is 4.82. The van der Waals surface area contributed by atoms with Crippen LogP contribution in [0.3, 0.4) is 0 Å². The first-order valence-corrected chi connectivity index (χ1v) is 10.3. The number of aliphatic imine (C=N–C) groups is 1. The fourth-order valence-electron chi connectivity index (χ4n) is 3.38. The molecule has 0 radical (unpaired) electrons. The Bertz CT molecular complexity index is 550. The molecule has 1 heterocycles. The average molecular weight is 352 g/mol. The van der Waals surface area contributed by atoms with Crippen molar-refractivity contribution >= 4 is 17.7 Å².